The number of carboxylic acid groups (broad SMARTS) is 1. The first-order chi connectivity index (χ1) is 14.6. The highest BCUT2D eigenvalue weighted by Crippen LogP contribution is 2.05. The molecule has 0 saturated heterocycles. The zero-order valence-corrected chi connectivity index (χ0v) is 18.0. The van der Waals surface area contributed by atoms with Gasteiger partial charge in [-0.05, 0) is 32.2 Å². The molecule has 31 heavy (non-hydrogen) atoms. The van der Waals surface area contributed by atoms with Gasteiger partial charge in [-0.3, -0.25) is 19.2 Å². The molecule has 0 bridgehead atoms. The molecule has 4 atom stereocenters. The van der Waals surface area contributed by atoms with Crippen molar-refractivity contribution in [2.24, 2.45) is 17.2 Å². The third-order valence-corrected chi connectivity index (χ3v) is 4.59. The van der Waals surface area contributed by atoms with E-state index >= 15 is 0 Å². The summed E-state index contributed by atoms with van der Waals surface area (Å²) in [7, 11) is 0. The number of rotatable bonds is 16. The van der Waals surface area contributed by atoms with Crippen LogP contribution in [-0.4, -0.2) is 82.9 Å². The molecule has 0 aromatic rings. The van der Waals surface area contributed by atoms with Crippen LogP contribution in [0.15, 0.2) is 0 Å². The molecule has 0 spiro atoms. The quantitative estimate of drug-likeness (QED) is 0.0801. The molecular weight excluding hydrogens is 432 g/mol. The summed E-state index contributed by atoms with van der Waals surface area (Å²) in [4.78, 5) is 59.5. The topological polar surface area (TPSA) is 240 Å². The van der Waals surface area contributed by atoms with Crippen molar-refractivity contribution in [1.29, 1.82) is 0 Å². The highest BCUT2D eigenvalue weighted by Gasteiger charge is 2.30. The first-order valence-electron chi connectivity index (χ1n) is 9.66. The molecule has 0 saturated carbocycles. The molecule has 0 radical (unpaired) electrons. The zero-order chi connectivity index (χ0) is 24.0. The Balaban J connectivity index is 5.41. The molecule has 0 aromatic heterocycles. The number of aliphatic carboxylic acids is 1. The van der Waals surface area contributed by atoms with Crippen molar-refractivity contribution in [3.63, 3.8) is 0 Å². The van der Waals surface area contributed by atoms with Crippen LogP contribution < -0.4 is 33.2 Å². The van der Waals surface area contributed by atoms with E-state index in [1.807, 2.05) is 0 Å². The number of primary amides is 1. The molecule has 14 heteroatoms. The van der Waals surface area contributed by atoms with Gasteiger partial charge in [0.05, 0.1) is 6.61 Å². The Morgan fingerprint density at radius 2 is 1.39 bits per heavy atom. The molecule has 178 valence electrons. The molecule has 13 nitrogen and oxygen atoms in total. The Hall–Kier alpha value is -2.42. The highest BCUT2D eigenvalue weighted by molar-refractivity contribution is 7.80. The number of carbonyl (C=O) groups is 5. The van der Waals surface area contributed by atoms with E-state index in [1.54, 1.807) is 0 Å². The van der Waals surface area contributed by atoms with Crippen molar-refractivity contribution in [1.82, 2.24) is 16.0 Å². The van der Waals surface area contributed by atoms with Gasteiger partial charge in [0.15, 0.2) is 0 Å². The molecule has 4 unspecified atom stereocenters. The van der Waals surface area contributed by atoms with E-state index in [9.17, 15) is 24.0 Å². The maximum atomic E-state index is 12.7. The average molecular weight is 465 g/mol. The van der Waals surface area contributed by atoms with Crippen LogP contribution in [0, 0.1) is 0 Å². The number of amides is 4. The van der Waals surface area contributed by atoms with Gasteiger partial charge in [-0.1, -0.05) is 0 Å². The fourth-order valence-electron chi connectivity index (χ4n) is 2.41. The lowest BCUT2D eigenvalue weighted by molar-refractivity contribution is -0.141. The third-order valence-electron chi connectivity index (χ3n) is 4.22. The van der Waals surface area contributed by atoms with Crippen LogP contribution in [0.5, 0.6) is 0 Å². The number of nitrogens with two attached hydrogens (primary N) is 3. The largest absolute Gasteiger partial charge is 0.480 e. The number of unbranched alkanes of at least 4 members (excludes halogenated alkanes) is 1. The van der Waals surface area contributed by atoms with Gasteiger partial charge in [-0.2, -0.15) is 12.6 Å². The highest BCUT2D eigenvalue weighted by atomic mass is 32.1. The number of aliphatic hydroxyl groups excluding tert-OH is 1. The summed E-state index contributed by atoms with van der Waals surface area (Å²) in [5.74, 6) is -4.62. The van der Waals surface area contributed by atoms with Crippen molar-refractivity contribution in [3.05, 3.63) is 0 Å². The van der Waals surface area contributed by atoms with Crippen LogP contribution in [0.3, 0.4) is 0 Å². The minimum absolute atomic E-state index is 0.172. The van der Waals surface area contributed by atoms with E-state index < -0.39 is 60.4 Å². The number of nitrogens with one attached hydrogen (secondary N) is 3. The molecule has 0 heterocycles. The van der Waals surface area contributed by atoms with Crippen LogP contribution in [0.4, 0.5) is 0 Å². The predicted octanol–water partition coefficient (Wildman–Crippen LogP) is -3.83. The van der Waals surface area contributed by atoms with Crippen molar-refractivity contribution in [2.75, 3.05) is 18.9 Å². The summed E-state index contributed by atoms with van der Waals surface area (Å²) in [6.45, 7) is -0.269. The first-order valence-corrected chi connectivity index (χ1v) is 10.3. The summed E-state index contributed by atoms with van der Waals surface area (Å²) in [6.07, 6.45) is 0.773. The lowest BCUT2D eigenvalue weighted by Crippen LogP contribution is -2.57. The number of hydrogen-bond acceptors (Lipinski definition) is 9. The molecule has 11 N–H and O–H groups in total. The van der Waals surface area contributed by atoms with Gasteiger partial charge < -0.3 is 43.4 Å². The summed E-state index contributed by atoms with van der Waals surface area (Å²) < 4.78 is 0. The Morgan fingerprint density at radius 1 is 0.871 bits per heavy atom. The minimum Gasteiger partial charge on any atom is -0.480 e. The van der Waals surface area contributed by atoms with Crippen molar-refractivity contribution in [2.45, 2.75) is 56.3 Å². The number of aliphatic hydroxyl groups is 1. The Labute approximate surface area is 185 Å². The maximum Gasteiger partial charge on any atom is 0.327 e. The van der Waals surface area contributed by atoms with E-state index in [2.05, 4.69) is 28.6 Å². The van der Waals surface area contributed by atoms with Gasteiger partial charge in [-0.15, -0.1) is 0 Å². The van der Waals surface area contributed by atoms with Crippen LogP contribution in [0.2, 0.25) is 0 Å². The van der Waals surface area contributed by atoms with E-state index in [4.69, 9.17) is 27.4 Å². The van der Waals surface area contributed by atoms with E-state index in [-0.39, 0.29) is 25.0 Å². The monoisotopic (exact) mass is 464 g/mol. The Bertz CT molecular complexity index is 636. The van der Waals surface area contributed by atoms with E-state index in [1.165, 1.54) is 0 Å². The van der Waals surface area contributed by atoms with Gasteiger partial charge >= 0.3 is 5.97 Å². The summed E-state index contributed by atoms with van der Waals surface area (Å²) in [5, 5.41) is 25.1. The molecule has 0 aromatic carbocycles. The standard InChI is InChI=1S/C17H32N6O7S/c18-6-2-1-3-10(21-14(26)9(19)7-24)15(27)22-11(4-5-13(20)25)16(28)23-12(8-31)17(29)30/h9-12,24,31H,1-8,18-19H2,(H2,20,25)(H,21,26)(H,22,27)(H,23,28)(H,29,30). The molecule has 0 aliphatic heterocycles. The molecule has 0 aliphatic rings. The van der Waals surface area contributed by atoms with Gasteiger partial charge in [0.1, 0.15) is 24.2 Å². The van der Waals surface area contributed by atoms with Crippen molar-refractivity contribution in [3.8, 4) is 0 Å². The number of carboxylic acids is 1. The fraction of sp³-hybridized carbons (Fsp3) is 0.706. The van der Waals surface area contributed by atoms with E-state index in [0.29, 0.717) is 19.4 Å². The molecule has 0 fully saturated rings. The zero-order valence-electron chi connectivity index (χ0n) is 17.1. The number of carbonyl (C=O) groups excluding carboxylic acids is 4. The van der Waals surface area contributed by atoms with Crippen molar-refractivity contribution < 1.29 is 34.2 Å². The smallest absolute Gasteiger partial charge is 0.327 e. The normalized spacial score (nSPS) is 14.6. The summed E-state index contributed by atoms with van der Waals surface area (Å²) in [5.41, 5.74) is 16.0. The Kier molecular flexibility index (Phi) is 14.2. The van der Waals surface area contributed by atoms with Crippen LogP contribution in [-0.2, 0) is 24.0 Å². The van der Waals surface area contributed by atoms with Crippen molar-refractivity contribution >= 4 is 42.2 Å². The maximum absolute atomic E-state index is 12.7. The number of hydrogen-bond donors (Lipinski definition) is 9. The fourth-order valence-corrected chi connectivity index (χ4v) is 2.66. The summed E-state index contributed by atoms with van der Waals surface area (Å²) in [6, 6.07) is -4.94. The van der Waals surface area contributed by atoms with Gasteiger partial charge in [0, 0.05) is 12.2 Å². The predicted molar refractivity (Wildman–Crippen MR) is 114 cm³/mol. The number of thiol groups is 1. The Morgan fingerprint density at radius 3 is 1.84 bits per heavy atom. The second kappa shape index (κ2) is 15.4. The third kappa shape index (κ3) is 11.5. The summed E-state index contributed by atoms with van der Waals surface area (Å²) >= 11 is 3.85. The van der Waals surface area contributed by atoms with Gasteiger partial charge in [-0.25, -0.2) is 4.79 Å². The molecule has 4 amide bonds. The lowest BCUT2D eigenvalue weighted by Gasteiger charge is -2.24. The SMILES string of the molecule is NCCCCC(NC(=O)C(N)CO)C(=O)NC(CCC(N)=O)C(=O)NC(CS)C(=O)O. The van der Waals surface area contributed by atoms with Crippen LogP contribution in [0.1, 0.15) is 32.1 Å². The minimum atomic E-state index is -1.33. The second-order valence-corrected chi connectivity index (χ2v) is 7.15. The first kappa shape index (κ1) is 28.6. The second-order valence-electron chi connectivity index (χ2n) is 6.78. The van der Waals surface area contributed by atoms with Crippen LogP contribution in [0.25, 0.3) is 0 Å². The molecular formula is C17H32N6O7S. The van der Waals surface area contributed by atoms with Gasteiger partial charge in [0.25, 0.3) is 0 Å². The molecule has 0 aliphatic carbocycles. The van der Waals surface area contributed by atoms with Crippen LogP contribution >= 0.6 is 12.6 Å². The molecule has 0 rings (SSSR count). The van der Waals surface area contributed by atoms with Gasteiger partial charge in [0.2, 0.25) is 23.6 Å². The van der Waals surface area contributed by atoms with E-state index in [0.717, 1.165) is 0 Å². The lowest BCUT2D eigenvalue weighted by atomic mass is 10.1. The average Bonchev–Trinajstić information content (AvgIpc) is 2.72.